The number of nitrogens with zero attached hydrogens (tertiary/aromatic N) is 4. The fraction of sp³-hybridized carbons (Fsp3) is 0.375. The first kappa shape index (κ1) is 15.1. The summed E-state index contributed by atoms with van der Waals surface area (Å²) in [6, 6.07) is 9.77. The van der Waals surface area contributed by atoms with E-state index in [1.807, 2.05) is 30.3 Å². The van der Waals surface area contributed by atoms with E-state index in [1.54, 1.807) is 6.20 Å². The molecule has 0 saturated carbocycles. The van der Waals surface area contributed by atoms with Crippen LogP contribution in [0.5, 0.6) is 0 Å². The minimum Gasteiger partial charge on any atom is -0.366 e. The molecule has 116 valence electrons. The summed E-state index contributed by atoms with van der Waals surface area (Å²) in [5, 5.41) is 4.55. The van der Waals surface area contributed by atoms with Crippen molar-refractivity contribution in [3.05, 3.63) is 57.5 Å². The number of rotatable bonds is 3. The van der Waals surface area contributed by atoms with Crippen LogP contribution < -0.4 is 10.5 Å². The molecule has 0 radical (unpaired) electrons. The van der Waals surface area contributed by atoms with Crippen molar-refractivity contribution < 1.29 is 0 Å². The number of hydrogen-bond donors (Lipinski definition) is 0. The predicted molar refractivity (Wildman–Crippen MR) is 88.8 cm³/mol. The lowest BCUT2D eigenvalue weighted by molar-refractivity contribution is 0.312. The highest BCUT2D eigenvalue weighted by Crippen LogP contribution is 2.22. The SMILES string of the molecule is CN1CCN(c2cnn(Cc3ccccc3)c(=O)c2Cl)CC1. The molecule has 0 atom stereocenters. The Hall–Kier alpha value is -1.85. The fourth-order valence-electron chi connectivity index (χ4n) is 2.59. The van der Waals surface area contributed by atoms with Crippen LogP contribution in [-0.4, -0.2) is 47.9 Å². The van der Waals surface area contributed by atoms with Gasteiger partial charge in [0.2, 0.25) is 0 Å². The van der Waals surface area contributed by atoms with Gasteiger partial charge in [0.15, 0.2) is 0 Å². The van der Waals surface area contributed by atoms with E-state index in [4.69, 9.17) is 11.6 Å². The summed E-state index contributed by atoms with van der Waals surface area (Å²) in [5.41, 5.74) is 1.53. The van der Waals surface area contributed by atoms with Gasteiger partial charge >= 0.3 is 0 Å². The standard InChI is InChI=1S/C16H19ClN4O/c1-19-7-9-20(10-8-19)14-11-18-21(16(22)15(14)17)12-13-5-3-2-4-6-13/h2-6,11H,7-10,12H2,1H3. The first-order valence-electron chi connectivity index (χ1n) is 7.38. The zero-order chi connectivity index (χ0) is 15.5. The van der Waals surface area contributed by atoms with Crippen molar-refractivity contribution in [3.8, 4) is 0 Å². The average molecular weight is 319 g/mol. The Balaban J connectivity index is 1.84. The second-order valence-electron chi connectivity index (χ2n) is 5.58. The van der Waals surface area contributed by atoms with Crippen LogP contribution in [0.2, 0.25) is 5.02 Å². The zero-order valence-corrected chi connectivity index (χ0v) is 13.3. The van der Waals surface area contributed by atoms with Crippen molar-refractivity contribution >= 4 is 17.3 Å². The molecular weight excluding hydrogens is 300 g/mol. The molecule has 3 rings (SSSR count). The normalized spacial score (nSPS) is 16.0. The van der Waals surface area contributed by atoms with E-state index in [0.29, 0.717) is 6.54 Å². The summed E-state index contributed by atoms with van der Waals surface area (Å²) in [7, 11) is 2.09. The maximum Gasteiger partial charge on any atom is 0.287 e. The molecule has 0 unspecified atom stereocenters. The van der Waals surface area contributed by atoms with Crippen molar-refractivity contribution in [1.29, 1.82) is 0 Å². The average Bonchev–Trinajstić information content (AvgIpc) is 2.54. The van der Waals surface area contributed by atoms with Crippen molar-refractivity contribution in [1.82, 2.24) is 14.7 Å². The summed E-state index contributed by atoms with van der Waals surface area (Å²) in [6.45, 7) is 4.08. The Bertz CT molecular complexity index is 693. The number of anilines is 1. The van der Waals surface area contributed by atoms with E-state index < -0.39 is 0 Å². The molecule has 2 aromatic rings. The first-order valence-corrected chi connectivity index (χ1v) is 7.76. The quantitative estimate of drug-likeness (QED) is 0.864. The van der Waals surface area contributed by atoms with E-state index in [1.165, 1.54) is 4.68 Å². The highest BCUT2D eigenvalue weighted by Gasteiger charge is 2.19. The van der Waals surface area contributed by atoms with Crippen LogP contribution in [0.25, 0.3) is 0 Å². The van der Waals surface area contributed by atoms with Crippen molar-refractivity contribution in [3.63, 3.8) is 0 Å². The monoisotopic (exact) mass is 318 g/mol. The molecule has 1 aliphatic heterocycles. The summed E-state index contributed by atoms with van der Waals surface area (Å²) in [4.78, 5) is 16.8. The van der Waals surface area contributed by atoms with E-state index in [9.17, 15) is 4.79 Å². The Morgan fingerprint density at radius 1 is 1.14 bits per heavy atom. The van der Waals surface area contributed by atoms with Gasteiger partial charge in [-0.3, -0.25) is 4.79 Å². The van der Waals surface area contributed by atoms with Crippen molar-refractivity contribution in [2.45, 2.75) is 6.54 Å². The van der Waals surface area contributed by atoms with Crippen LogP contribution in [0.3, 0.4) is 0 Å². The van der Waals surface area contributed by atoms with Crippen LogP contribution in [-0.2, 0) is 6.54 Å². The van der Waals surface area contributed by atoms with Crippen LogP contribution in [0.4, 0.5) is 5.69 Å². The summed E-state index contributed by atoms with van der Waals surface area (Å²) < 4.78 is 1.41. The van der Waals surface area contributed by atoms with E-state index >= 15 is 0 Å². The predicted octanol–water partition coefficient (Wildman–Crippen LogP) is 1.70. The van der Waals surface area contributed by atoms with Gasteiger partial charge in [-0.15, -0.1) is 0 Å². The van der Waals surface area contributed by atoms with Crippen LogP contribution in [0, 0.1) is 0 Å². The van der Waals surface area contributed by atoms with Crippen molar-refractivity contribution in [2.75, 3.05) is 38.1 Å². The molecule has 0 aliphatic carbocycles. The fourth-order valence-corrected chi connectivity index (χ4v) is 2.86. The molecule has 1 saturated heterocycles. The lowest BCUT2D eigenvalue weighted by atomic mass is 10.2. The summed E-state index contributed by atoms with van der Waals surface area (Å²) >= 11 is 6.31. The summed E-state index contributed by atoms with van der Waals surface area (Å²) in [5.74, 6) is 0. The number of aromatic nitrogens is 2. The van der Waals surface area contributed by atoms with Gasteiger partial charge < -0.3 is 9.80 Å². The Kier molecular flexibility index (Phi) is 4.45. The topological polar surface area (TPSA) is 41.4 Å². The second-order valence-corrected chi connectivity index (χ2v) is 5.96. The van der Waals surface area contributed by atoms with Gasteiger partial charge in [-0.05, 0) is 12.6 Å². The number of halogens is 1. The molecule has 6 heteroatoms. The molecule has 22 heavy (non-hydrogen) atoms. The summed E-state index contributed by atoms with van der Waals surface area (Å²) in [6.07, 6.45) is 1.71. The third kappa shape index (κ3) is 3.15. The number of benzene rings is 1. The molecule has 0 bridgehead atoms. The van der Waals surface area contributed by atoms with E-state index in [0.717, 1.165) is 37.4 Å². The maximum absolute atomic E-state index is 12.4. The molecule has 1 aliphatic rings. The first-order chi connectivity index (χ1) is 10.6. The Morgan fingerprint density at radius 2 is 1.82 bits per heavy atom. The highest BCUT2D eigenvalue weighted by molar-refractivity contribution is 6.33. The minimum absolute atomic E-state index is 0.234. The molecule has 1 aromatic heterocycles. The van der Waals surface area contributed by atoms with Gasteiger partial charge in [-0.25, -0.2) is 4.68 Å². The Morgan fingerprint density at radius 3 is 2.50 bits per heavy atom. The van der Waals surface area contributed by atoms with Gasteiger partial charge in [0.1, 0.15) is 5.02 Å². The molecule has 5 nitrogen and oxygen atoms in total. The maximum atomic E-state index is 12.4. The molecule has 1 fully saturated rings. The smallest absolute Gasteiger partial charge is 0.287 e. The highest BCUT2D eigenvalue weighted by atomic mass is 35.5. The van der Waals surface area contributed by atoms with E-state index in [-0.39, 0.29) is 10.6 Å². The molecule has 0 spiro atoms. The van der Waals surface area contributed by atoms with Gasteiger partial charge in [0, 0.05) is 26.2 Å². The van der Waals surface area contributed by atoms with Crippen molar-refractivity contribution in [2.24, 2.45) is 0 Å². The molecule has 0 amide bonds. The van der Waals surface area contributed by atoms with E-state index in [2.05, 4.69) is 21.9 Å². The largest absolute Gasteiger partial charge is 0.366 e. The minimum atomic E-state index is -0.234. The lowest BCUT2D eigenvalue weighted by Gasteiger charge is -2.34. The van der Waals surface area contributed by atoms with Crippen LogP contribution >= 0.6 is 11.6 Å². The van der Waals surface area contributed by atoms with Crippen LogP contribution in [0.15, 0.2) is 41.3 Å². The van der Waals surface area contributed by atoms with Gasteiger partial charge in [-0.1, -0.05) is 41.9 Å². The third-order valence-electron chi connectivity index (χ3n) is 3.99. The molecule has 2 heterocycles. The Labute approximate surface area is 134 Å². The third-order valence-corrected chi connectivity index (χ3v) is 4.34. The lowest BCUT2D eigenvalue weighted by Crippen LogP contribution is -2.45. The zero-order valence-electron chi connectivity index (χ0n) is 12.6. The van der Waals surface area contributed by atoms with Crippen LogP contribution in [0.1, 0.15) is 5.56 Å². The van der Waals surface area contributed by atoms with Gasteiger partial charge in [-0.2, -0.15) is 5.10 Å². The van der Waals surface area contributed by atoms with Gasteiger partial charge in [0.25, 0.3) is 5.56 Å². The second kappa shape index (κ2) is 6.50. The molecule has 1 aromatic carbocycles. The van der Waals surface area contributed by atoms with Gasteiger partial charge in [0.05, 0.1) is 18.4 Å². The number of hydrogen-bond acceptors (Lipinski definition) is 4. The number of piperazine rings is 1. The molecular formula is C16H19ClN4O. The number of likely N-dealkylation sites (N-methyl/N-ethyl adjacent to an activating group) is 1. The molecule has 0 N–H and O–H groups in total.